The smallest absolute Gasteiger partial charge is 0.333 e. The van der Waals surface area contributed by atoms with E-state index in [9.17, 15) is 4.79 Å². The maximum Gasteiger partial charge on any atom is 0.338 e. The van der Waals surface area contributed by atoms with Gasteiger partial charge in [0.15, 0.2) is 0 Å². The van der Waals surface area contributed by atoms with E-state index in [0.29, 0.717) is 6.54 Å². The first-order chi connectivity index (χ1) is 13.3. The van der Waals surface area contributed by atoms with Crippen molar-refractivity contribution in [2.45, 2.75) is 78.2 Å². The molecule has 4 nitrogen and oxygen atoms in total. The summed E-state index contributed by atoms with van der Waals surface area (Å²) in [6.07, 6.45) is 6.99. The Balaban J connectivity index is 1.51. The number of fused-ring (bicyclic) bond motifs is 2. The molecule has 2 amide bonds. The average Bonchev–Trinajstić information content (AvgIpc) is 3.33. The van der Waals surface area contributed by atoms with E-state index in [4.69, 9.17) is 5.10 Å². The van der Waals surface area contributed by atoms with E-state index in [1.54, 1.807) is 5.01 Å². The summed E-state index contributed by atoms with van der Waals surface area (Å²) in [5.41, 5.74) is 2.81. The molecule has 2 unspecified atom stereocenters. The second-order valence-corrected chi connectivity index (χ2v) is 10.0. The fourth-order valence-corrected chi connectivity index (χ4v) is 6.10. The Bertz CT molecular complexity index is 752. The second-order valence-electron chi connectivity index (χ2n) is 10.0. The third kappa shape index (κ3) is 3.25. The molecule has 0 radical (unpaired) electrons. The van der Waals surface area contributed by atoms with Gasteiger partial charge in [0.1, 0.15) is 0 Å². The van der Waals surface area contributed by atoms with Crippen LogP contribution in [0.1, 0.15) is 77.7 Å². The number of rotatable bonds is 5. The Kier molecular flexibility index (Phi) is 5.01. The number of carbonyl (C=O) groups excluding carboxylic acids is 1. The van der Waals surface area contributed by atoms with E-state index in [-0.39, 0.29) is 28.8 Å². The topological polar surface area (TPSA) is 44.7 Å². The van der Waals surface area contributed by atoms with E-state index in [2.05, 4.69) is 57.3 Å². The first kappa shape index (κ1) is 19.5. The zero-order valence-corrected chi connectivity index (χ0v) is 17.9. The Morgan fingerprint density at radius 3 is 2.64 bits per heavy atom. The molecule has 0 aromatic heterocycles. The summed E-state index contributed by atoms with van der Waals surface area (Å²) in [6.45, 7) is 9.89. The van der Waals surface area contributed by atoms with Crippen molar-refractivity contribution in [3.63, 3.8) is 0 Å². The van der Waals surface area contributed by atoms with Crippen LogP contribution in [-0.4, -0.2) is 29.3 Å². The van der Waals surface area contributed by atoms with E-state index in [1.807, 2.05) is 6.07 Å². The quantitative estimate of drug-likeness (QED) is 0.713. The number of urea groups is 1. The number of unbranched alkanes of at least 4 members (excludes halogenated alkanes) is 1. The zero-order valence-electron chi connectivity index (χ0n) is 17.9. The third-order valence-electron chi connectivity index (χ3n) is 7.77. The molecule has 4 heteroatoms. The minimum absolute atomic E-state index is 0.0146. The lowest BCUT2D eigenvalue weighted by atomic mass is 9.68. The highest BCUT2D eigenvalue weighted by Gasteiger charge is 2.60. The summed E-state index contributed by atoms with van der Waals surface area (Å²) < 4.78 is 0. The molecule has 1 aromatic carbocycles. The highest BCUT2D eigenvalue weighted by molar-refractivity contribution is 5.94. The van der Waals surface area contributed by atoms with Crippen LogP contribution >= 0.6 is 0 Å². The molecular formula is C24H35N3O. The molecule has 3 aliphatic rings. The number of carbonyl (C=O) groups is 1. The van der Waals surface area contributed by atoms with Crippen LogP contribution in [0.25, 0.3) is 0 Å². The predicted molar refractivity (Wildman–Crippen MR) is 114 cm³/mol. The SMILES string of the molecule is CCCCC1=NN(C(=O)NC2C(C)(C)[C@H]3CC[C@]2(C)C3)CC1c1ccccc1. The van der Waals surface area contributed by atoms with Gasteiger partial charge in [0.25, 0.3) is 0 Å². The number of hydrogen-bond acceptors (Lipinski definition) is 2. The van der Waals surface area contributed by atoms with Gasteiger partial charge < -0.3 is 5.32 Å². The number of nitrogens with zero attached hydrogens (tertiary/aromatic N) is 2. The van der Waals surface area contributed by atoms with E-state index >= 15 is 0 Å². The van der Waals surface area contributed by atoms with Crippen LogP contribution in [0.3, 0.4) is 0 Å². The van der Waals surface area contributed by atoms with E-state index in [0.717, 1.165) is 30.9 Å². The van der Waals surface area contributed by atoms with Crippen LogP contribution in [0.5, 0.6) is 0 Å². The minimum Gasteiger partial charge on any atom is -0.333 e. The maximum atomic E-state index is 13.2. The van der Waals surface area contributed by atoms with Gasteiger partial charge in [-0.15, -0.1) is 0 Å². The van der Waals surface area contributed by atoms with Crippen molar-refractivity contribution in [2.75, 3.05) is 6.54 Å². The summed E-state index contributed by atoms with van der Waals surface area (Å²) in [5.74, 6) is 0.948. The monoisotopic (exact) mass is 381 g/mol. The number of hydrogen-bond donors (Lipinski definition) is 1. The lowest BCUT2D eigenvalue weighted by Gasteiger charge is -2.43. The van der Waals surface area contributed by atoms with Gasteiger partial charge in [-0.05, 0) is 54.4 Å². The van der Waals surface area contributed by atoms with Crippen molar-refractivity contribution in [3.05, 3.63) is 35.9 Å². The standard InChI is InChI=1S/C24H35N3O/c1-5-6-12-20-19(17-10-8-7-9-11-17)16-27(26-20)22(28)25-21-23(2,3)18-13-14-24(21,4)15-18/h7-11,18-19,21H,5-6,12-16H2,1-4H3,(H,25,28)/t18-,19?,21?,24+/m0/s1. The molecule has 2 aliphatic carbocycles. The van der Waals surface area contributed by atoms with Gasteiger partial charge in [-0.25, -0.2) is 9.80 Å². The highest BCUT2D eigenvalue weighted by atomic mass is 16.2. The number of nitrogens with one attached hydrogen (secondary N) is 1. The van der Waals surface area contributed by atoms with Gasteiger partial charge in [0.2, 0.25) is 0 Å². The van der Waals surface area contributed by atoms with Crippen molar-refractivity contribution in [3.8, 4) is 0 Å². The fourth-order valence-electron chi connectivity index (χ4n) is 6.10. The fraction of sp³-hybridized carbons (Fsp3) is 0.667. The summed E-state index contributed by atoms with van der Waals surface area (Å²) in [6, 6.07) is 10.7. The first-order valence-electron chi connectivity index (χ1n) is 11.1. The Morgan fingerprint density at radius 2 is 2.00 bits per heavy atom. The van der Waals surface area contributed by atoms with Gasteiger partial charge in [0.05, 0.1) is 6.54 Å². The molecule has 152 valence electrons. The molecule has 1 N–H and O–H groups in total. The zero-order chi connectivity index (χ0) is 19.9. The van der Waals surface area contributed by atoms with Gasteiger partial charge in [0, 0.05) is 17.7 Å². The summed E-state index contributed by atoms with van der Waals surface area (Å²) in [5, 5.41) is 9.91. The molecule has 1 aliphatic heterocycles. The van der Waals surface area contributed by atoms with Gasteiger partial charge in [-0.1, -0.05) is 64.4 Å². The summed E-state index contributed by atoms with van der Waals surface area (Å²) in [7, 11) is 0. The van der Waals surface area contributed by atoms with E-state index in [1.165, 1.54) is 24.8 Å². The van der Waals surface area contributed by atoms with Crippen LogP contribution < -0.4 is 5.32 Å². The lowest BCUT2D eigenvalue weighted by molar-refractivity contribution is 0.106. The Morgan fingerprint density at radius 1 is 1.25 bits per heavy atom. The molecule has 28 heavy (non-hydrogen) atoms. The number of hydrazone groups is 1. The molecule has 1 heterocycles. The Hall–Kier alpha value is -1.84. The number of amides is 2. The van der Waals surface area contributed by atoms with Crippen molar-refractivity contribution < 1.29 is 4.79 Å². The van der Waals surface area contributed by atoms with Gasteiger partial charge >= 0.3 is 6.03 Å². The second kappa shape index (κ2) is 7.20. The highest BCUT2D eigenvalue weighted by Crippen LogP contribution is 2.62. The molecule has 4 rings (SSSR count). The summed E-state index contributed by atoms with van der Waals surface area (Å²) in [4.78, 5) is 13.2. The van der Waals surface area contributed by atoms with Gasteiger partial charge in [-0.3, -0.25) is 0 Å². The first-order valence-corrected chi connectivity index (χ1v) is 11.1. The molecule has 2 saturated carbocycles. The van der Waals surface area contributed by atoms with Crippen LogP contribution in [0, 0.1) is 16.7 Å². The minimum atomic E-state index is -0.0146. The number of benzene rings is 1. The normalized spacial score (nSPS) is 33.2. The van der Waals surface area contributed by atoms with Crippen molar-refractivity contribution in [2.24, 2.45) is 21.8 Å². The molecule has 0 spiro atoms. The third-order valence-corrected chi connectivity index (χ3v) is 7.77. The summed E-state index contributed by atoms with van der Waals surface area (Å²) >= 11 is 0. The van der Waals surface area contributed by atoms with Crippen molar-refractivity contribution in [1.29, 1.82) is 0 Å². The molecule has 2 fully saturated rings. The molecule has 1 aromatic rings. The van der Waals surface area contributed by atoms with Crippen LogP contribution in [0.4, 0.5) is 4.79 Å². The molecule has 0 saturated heterocycles. The van der Waals surface area contributed by atoms with Crippen molar-refractivity contribution in [1.82, 2.24) is 10.3 Å². The average molecular weight is 382 g/mol. The van der Waals surface area contributed by atoms with Crippen molar-refractivity contribution >= 4 is 11.7 Å². The molecule has 4 atom stereocenters. The lowest BCUT2D eigenvalue weighted by Crippen LogP contribution is -2.54. The molecule has 2 bridgehead atoms. The molecular weight excluding hydrogens is 346 g/mol. The van der Waals surface area contributed by atoms with Gasteiger partial charge in [-0.2, -0.15) is 5.10 Å². The Labute approximate surface area is 169 Å². The van der Waals surface area contributed by atoms with Crippen LogP contribution in [0.2, 0.25) is 0 Å². The maximum absolute atomic E-state index is 13.2. The van der Waals surface area contributed by atoms with Crippen LogP contribution in [0.15, 0.2) is 35.4 Å². The predicted octanol–water partition coefficient (Wildman–Crippen LogP) is 5.56. The largest absolute Gasteiger partial charge is 0.338 e. The van der Waals surface area contributed by atoms with Crippen LogP contribution in [-0.2, 0) is 0 Å². The van der Waals surface area contributed by atoms with E-state index < -0.39 is 0 Å².